The lowest BCUT2D eigenvalue weighted by Crippen LogP contribution is -2.35. The number of carbonyl (C=O) groups excluding carboxylic acids is 1. The number of halogens is 1. The van der Waals surface area contributed by atoms with E-state index < -0.39 is 0 Å². The van der Waals surface area contributed by atoms with Gasteiger partial charge in [-0.1, -0.05) is 48.0 Å². The van der Waals surface area contributed by atoms with Crippen molar-refractivity contribution < 1.29 is 4.79 Å². The number of rotatable bonds is 6. The lowest BCUT2D eigenvalue weighted by atomic mass is 10.1. The van der Waals surface area contributed by atoms with Gasteiger partial charge in [0.2, 0.25) is 5.91 Å². The van der Waals surface area contributed by atoms with Crippen molar-refractivity contribution in [2.24, 2.45) is 0 Å². The summed E-state index contributed by atoms with van der Waals surface area (Å²) in [7, 11) is 3.88. The molecule has 0 saturated carbocycles. The Balaban J connectivity index is 1.74. The molecule has 3 aromatic rings. The fourth-order valence-electron chi connectivity index (χ4n) is 3.05. The van der Waals surface area contributed by atoms with Gasteiger partial charge in [-0.3, -0.25) is 9.59 Å². The van der Waals surface area contributed by atoms with Gasteiger partial charge >= 0.3 is 0 Å². The van der Waals surface area contributed by atoms with Crippen molar-refractivity contribution in [1.29, 1.82) is 0 Å². The predicted octanol–water partition coefficient (Wildman–Crippen LogP) is 2.54. The van der Waals surface area contributed by atoms with E-state index in [0.29, 0.717) is 28.0 Å². The van der Waals surface area contributed by atoms with Crippen molar-refractivity contribution in [3.8, 4) is 0 Å². The number of likely N-dealkylation sites (N-methyl/N-ethyl adjacent to an activating group) is 1. The van der Waals surface area contributed by atoms with E-state index in [4.69, 9.17) is 11.6 Å². The van der Waals surface area contributed by atoms with Gasteiger partial charge in [0.05, 0.1) is 23.5 Å². The first-order valence-corrected chi connectivity index (χ1v) is 8.99. The van der Waals surface area contributed by atoms with Crippen LogP contribution in [0.15, 0.2) is 53.3 Å². The minimum Gasteiger partial charge on any atom is -0.354 e. The maximum absolute atomic E-state index is 12.5. The molecule has 1 amide bonds. The molecule has 1 aromatic heterocycles. The van der Waals surface area contributed by atoms with Gasteiger partial charge in [-0.15, -0.1) is 0 Å². The normalized spacial score (nSPS) is 12.3. The van der Waals surface area contributed by atoms with Gasteiger partial charge in [-0.25, -0.2) is 5.10 Å². The second-order valence-electron chi connectivity index (χ2n) is 6.53. The van der Waals surface area contributed by atoms with Crippen LogP contribution in [0.4, 0.5) is 0 Å². The molecule has 6 nitrogen and oxygen atoms in total. The van der Waals surface area contributed by atoms with E-state index >= 15 is 0 Å². The van der Waals surface area contributed by atoms with Crippen LogP contribution in [0, 0.1) is 0 Å². The third-order valence-corrected chi connectivity index (χ3v) is 4.83. The highest BCUT2D eigenvalue weighted by molar-refractivity contribution is 6.31. The summed E-state index contributed by atoms with van der Waals surface area (Å²) in [6.07, 6.45) is 0.0833. The van der Waals surface area contributed by atoms with Crippen molar-refractivity contribution in [2.45, 2.75) is 12.5 Å². The lowest BCUT2D eigenvalue weighted by Gasteiger charge is -2.26. The molecule has 2 aromatic carbocycles. The summed E-state index contributed by atoms with van der Waals surface area (Å²) >= 11 is 6.31. The minimum atomic E-state index is -0.263. The summed E-state index contributed by atoms with van der Waals surface area (Å²) in [6, 6.07) is 14.7. The number of benzene rings is 2. The van der Waals surface area contributed by atoms with Crippen LogP contribution in [0.2, 0.25) is 5.02 Å². The standard InChI is InChI=1S/C20H21ClN4O2/c1-25(2)18(15-9-5-6-10-16(15)21)12-22-19(26)11-17-13-7-3-4-8-14(13)20(27)24-23-17/h3-10,18H,11-12H2,1-2H3,(H,22,26)(H,24,27)/t18-/m1/s1. The molecule has 0 aliphatic rings. The molecule has 27 heavy (non-hydrogen) atoms. The molecule has 0 bridgehead atoms. The van der Waals surface area contributed by atoms with Gasteiger partial charge in [0.25, 0.3) is 5.56 Å². The van der Waals surface area contributed by atoms with Gasteiger partial charge in [0.15, 0.2) is 0 Å². The van der Waals surface area contributed by atoms with E-state index in [-0.39, 0.29) is 23.9 Å². The zero-order valence-electron chi connectivity index (χ0n) is 15.2. The molecule has 140 valence electrons. The van der Waals surface area contributed by atoms with E-state index in [1.807, 2.05) is 49.3 Å². The molecule has 0 unspecified atom stereocenters. The Morgan fingerprint density at radius 3 is 2.52 bits per heavy atom. The van der Waals surface area contributed by atoms with Crippen LogP contribution in [0.1, 0.15) is 17.3 Å². The average molecular weight is 385 g/mol. The van der Waals surface area contributed by atoms with Crippen molar-refractivity contribution in [3.05, 3.63) is 75.2 Å². The van der Waals surface area contributed by atoms with Gasteiger partial charge < -0.3 is 10.2 Å². The maximum Gasteiger partial charge on any atom is 0.272 e. The number of hydrogen-bond acceptors (Lipinski definition) is 4. The van der Waals surface area contributed by atoms with Crippen LogP contribution in [0.5, 0.6) is 0 Å². The smallest absolute Gasteiger partial charge is 0.272 e. The largest absolute Gasteiger partial charge is 0.354 e. The van der Waals surface area contributed by atoms with Crippen LogP contribution in [0.25, 0.3) is 10.8 Å². The number of fused-ring (bicyclic) bond motifs is 1. The number of amides is 1. The number of aromatic amines is 1. The fraction of sp³-hybridized carbons (Fsp3) is 0.250. The van der Waals surface area contributed by atoms with Gasteiger partial charge in [0, 0.05) is 17.0 Å². The van der Waals surface area contributed by atoms with Crippen LogP contribution in [-0.2, 0) is 11.2 Å². The van der Waals surface area contributed by atoms with Crippen molar-refractivity contribution in [1.82, 2.24) is 20.4 Å². The summed E-state index contributed by atoms with van der Waals surface area (Å²) in [6.45, 7) is 0.414. The summed E-state index contributed by atoms with van der Waals surface area (Å²) in [4.78, 5) is 26.4. The zero-order chi connectivity index (χ0) is 19.4. The number of nitrogens with zero attached hydrogens (tertiary/aromatic N) is 2. The molecular weight excluding hydrogens is 364 g/mol. The fourth-order valence-corrected chi connectivity index (χ4v) is 3.31. The molecule has 1 atom stereocenters. The van der Waals surface area contributed by atoms with Crippen LogP contribution in [-0.4, -0.2) is 41.6 Å². The average Bonchev–Trinajstić information content (AvgIpc) is 2.65. The predicted molar refractivity (Wildman–Crippen MR) is 107 cm³/mol. The molecule has 2 N–H and O–H groups in total. The first-order chi connectivity index (χ1) is 13.0. The maximum atomic E-state index is 12.5. The quantitative estimate of drug-likeness (QED) is 0.684. The third-order valence-electron chi connectivity index (χ3n) is 4.48. The lowest BCUT2D eigenvalue weighted by molar-refractivity contribution is -0.120. The topological polar surface area (TPSA) is 78.1 Å². The highest BCUT2D eigenvalue weighted by atomic mass is 35.5. The van der Waals surface area contributed by atoms with Crippen molar-refractivity contribution >= 4 is 28.3 Å². The van der Waals surface area contributed by atoms with Gasteiger partial charge in [-0.2, -0.15) is 5.10 Å². The Bertz CT molecular complexity index is 1020. The van der Waals surface area contributed by atoms with E-state index in [2.05, 4.69) is 15.5 Å². The van der Waals surface area contributed by atoms with Crippen molar-refractivity contribution in [3.63, 3.8) is 0 Å². The molecule has 7 heteroatoms. The first-order valence-electron chi connectivity index (χ1n) is 8.61. The van der Waals surface area contributed by atoms with E-state index in [1.54, 1.807) is 18.2 Å². The van der Waals surface area contributed by atoms with Gasteiger partial charge in [-0.05, 0) is 31.8 Å². The molecular formula is C20H21ClN4O2. The Kier molecular flexibility index (Phi) is 5.88. The minimum absolute atomic E-state index is 0.0528. The molecule has 1 heterocycles. The Hall–Kier alpha value is -2.70. The van der Waals surface area contributed by atoms with E-state index in [9.17, 15) is 9.59 Å². The van der Waals surface area contributed by atoms with Crippen molar-refractivity contribution in [2.75, 3.05) is 20.6 Å². The van der Waals surface area contributed by atoms with Gasteiger partial charge in [0.1, 0.15) is 0 Å². The summed E-state index contributed by atoms with van der Waals surface area (Å²) in [5.74, 6) is -0.168. The van der Waals surface area contributed by atoms with Crippen LogP contribution < -0.4 is 10.9 Å². The van der Waals surface area contributed by atoms with E-state index in [1.165, 1.54) is 0 Å². The molecule has 0 radical (unpaired) electrons. The SMILES string of the molecule is CN(C)[C@H](CNC(=O)Cc1n[nH]c(=O)c2ccccc12)c1ccccc1Cl. The summed E-state index contributed by atoms with van der Waals surface area (Å²) < 4.78 is 0. The molecule has 0 spiro atoms. The molecule has 0 fully saturated rings. The Morgan fingerprint density at radius 1 is 1.15 bits per heavy atom. The number of aromatic nitrogens is 2. The summed E-state index contributed by atoms with van der Waals surface area (Å²) in [5, 5.41) is 11.3. The number of carbonyl (C=O) groups is 1. The van der Waals surface area contributed by atoms with E-state index in [0.717, 1.165) is 5.56 Å². The molecule has 0 aliphatic heterocycles. The second kappa shape index (κ2) is 8.33. The highest BCUT2D eigenvalue weighted by Gasteiger charge is 2.18. The number of hydrogen-bond donors (Lipinski definition) is 2. The summed E-state index contributed by atoms with van der Waals surface area (Å²) in [5.41, 5.74) is 1.24. The van der Waals surface area contributed by atoms with Crippen LogP contribution in [0.3, 0.4) is 0 Å². The second-order valence-corrected chi connectivity index (χ2v) is 6.93. The van der Waals surface area contributed by atoms with Crippen LogP contribution >= 0.6 is 11.6 Å². The monoisotopic (exact) mass is 384 g/mol. The number of nitrogens with one attached hydrogen (secondary N) is 2. The Morgan fingerprint density at radius 2 is 1.81 bits per heavy atom. The first kappa shape index (κ1) is 19.1. The molecule has 0 aliphatic carbocycles. The highest BCUT2D eigenvalue weighted by Crippen LogP contribution is 2.25. The zero-order valence-corrected chi connectivity index (χ0v) is 16.0. The molecule has 0 saturated heterocycles. The number of H-pyrrole nitrogens is 1. The molecule has 3 rings (SSSR count). The Labute approximate surface area is 162 Å². The third kappa shape index (κ3) is 4.35.